The SMILES string of the molecule is CNC(c1cc(C)ccc1F)c1cccc(C)c1F. The monoisotopic (exact) mass is 261 g/mol. The average Bonchev–Trinajstić information content (AvgIpc) is 2.39. The average molecular weight is 261 g/mol. The lowest BCUT2D eigenvalue weighted by Gasteiger charge is -2.19. The number of benzene rings is 2. The molecular weight excluding hydrogens is 244 g/mol. The van der Waals surface area contributed by atoms with Gasteiger partial charge in [-0.2, -0.15) is 0 Å². The smallest absolute Gasteiger partial charge is 0.131 e. The lowest BCUT2D eigenvalue weighted by Crippen LogP contribution is -2.20. The predicted octanol–water partition coefficient (Wildman–Crippen LogP) is 3.89. The van der Waals surface area contributed by atoms with Crippen LogP contribution in [0, 0.1) is 25.5 Å². The minimum Gasteiger partial charge on any atom is -0.309 e. The van der Waals surface area contributed by atoms with Crippen LogP contribution in [0.4, 0.5) is 8.78 Å². The summed E-state index contributed by atoms with van der Waals surface area (Å²) in [4.78, 5) is 0. The van der Waals surface area contributed by atoms with Crippen LogP contribution in [-0.4, -0.2) is 7.05 Å². The third kappa shape index (κ3) is 2.66. The van der Waals surface area contributed by atoms with Crippen LogP contribution < -0.4 is 5.32 Å². The number of nitrogens with one attached hydrogen (secondary N) is 1. The van der Waals surface area contributed by atoms with Gasteiger partial charge in [0.1, 0.15) is 11.6 Å². The van der Waals surface area contributed by atoms with Crippen molar-refractivity contribution in [3.63, 3.8) is 0 Å². The molecule has 2 rings (SSSR count). The van der Waals surface area contributed by atoms with E-state index >= 15 is 0 Å². The number of aryl methyl sites for hydroxylation is 2. The van der Waals surface area contributed by atoms with E-state index in [0.29, 0.717) is 16.7 Å². The van der Waals surface area contributed by atoms with Crippen molar-refractivity contribution in [2.45, 2.75) is 19.9 Å². The third-order valence-electron chi connectivity index (χ3n) is 3.28. The van der Waals surface area contributed by atoms with E-state index in [1.807, 2.05) is 6.92 Å². The Hall–Kier alpha value is -1.74. The summed E-state index contributed by atoms with van der Waals surface area (Å²) < 4.78 is 28.2. The van der Waals surface area contributed by atoms with E-state index in [1.165, 1.54) is 6.07 Å². The first-order valence-corrected chi connectivity index (χ1v) is 6.23. The highest BCUT2D eigenvalue weighted by molar-refractivity contribution is 5.37. The Morgan fingerprint density at radius 1 is 1.00 bits per heavy atom. The van der Waals surface area contributed by atoms with Gasteiger partial charge in [-0.1, -0.05) is 35.9 Å². The standard InChI is InChI=1S/C16H17F2N/c1-10-7-8-14(17)13(9-10)16(19-3)12-6-4-5-11(2)15(12)18/h4-9,16,19H,1-3H3. The highest BCUT2D eigenvalue weighted by Crippen LogP contribution is 2.28. The van der Waals surface area contributed by atoms with Gasteiger partial charge in [-0.25, -0.2) is 8.78 Å². The van der Waals surface area contributed by atoms with Gasteiger partial charge in [0.25, 0.3) is 0 Å². The molecule has 19 heavy (non-hydrogen) atoms. The van der Waals surface area contributed by atoms with Gasteiger partial charge >= 0.3 is 0 Å². The summed E-state index contributed by atoms with van der Waals surface area (Å²) in [6.07, 6.45) is 0. The number of halogens is 2. The molecule has 0 fully saturated rings. The van der Waals surface area contributed by atoms with Gasteiger partial charge < -0.3 is 5.32 Å². The van der Waals surface area contributed by atoms with Gasteiger partial charge in [-0.3, -0.25) is 0 Å². The summed E-state index contributed by atoms with van der Waals surface area (Å²) in [5.41, 5.74) is 2.44. The molecule has 0 heterocycles. The zero-order chi connectivity index (χ0) is 14.0. The number of rotatable bonds is 3. The molecule has 0 spiro atoms. The van der Waals surface area contributed by atoms with Crippen molar-refractivity contribution in [1.29, 1.82) is 0 Å². The Morgan fingerprint density at radius 3 is 2.42 bits per heavy atom. The molecule has 0 amide bonds. The largest absolute Gasteiger partial charge is 0.309 e. The second-order valence-corrected chi connectivity index (χ2v) is 4.72. The molecule has 0 saturated carbocycles. The quantitative estimate of drug-likeness (QED) is 0.883. The molecule has 1 atom stereocenters. The van der Waals surface area contributed by atoms with Gasteiger partial charge in [0.15, 0.2) is 0 Å². The summed E-state index contributed by atoms with van der Waals surface area (Å²) in [5, 5.41) is 2.99. The highest BCUT2D eigenvalue weighted by Gasteiger charge is 2.20. The zero-order valence-electron chi connectivity index (χ0n) is 11.3. The van der Waals surface area contributed by atoms with Crippen LogP contribution in [0.1, 0.15) is 28.3 Å². The summed E-state index contributed by atoms with van der Waals surface area (Å²) in [5.74, 6) is -0.617. The highest BCUT2D eigenvalue weighted by atomic mass is 19.1. The van der Waals surface area contributed by atoms with Crippen molar-refractivity contribution in [2.24, 2.45) is 0 Å². The van der Waals surface area contributed by atoms with E-state index in [4.69, 9.17) is 0 Å². The summed E-state index contributed by atoms with van der Waals surface area (Å²) in [6.45, 7) is 3.60. The van der Waals surface area contributed by atoms with Crippen LogP contribution in [0.2, 0.25) is 0 Å². The van der Waals surface area contributed by atoms with Crippen molar-refractivity contribution in [3.05, 3.63) is 70.3 Å². The molecule has 2 aromatic carbocycles. The zero-order valence-corrected chi connectivity index (χ0v) is 11.3. The molecule has 1 N–H and O–H groups in total. The molecule has 0 radical (unpaired) electrons. The second kappa shape index (κ2) is 5.49. The number of hydrogen-bond acceptors (Lipinski definition) is 1. The second-order valence-electron chi connectivity index (χ2n) is 4.72. The Kier molecular flexibility index (Phi) is 3.96. The maximum Gasteiger partial charge on any atom is 0.131 e. The van der Waals surface area contributed by atoms with E-state index in [-0.39, 0.29) is 11.6 Å². The topological polar surface area (TPSA) is 12.0 Å². The molecule has 3 heteroatoms. The van der Waals surface area contributed by atoms with Gasteiger partial charge in [-0.05, 0) is 32.5 Å². The Labute approximate surface area is 112 Å². The molecule has 100 valence electrons. The maximum absolute atomic E-state index is 14.2. The van der Waals surface area contributed by atoms with Crippen molar-refractivity contribution in [1.82, 2.24) is 5.32 Å². The Balaban J connectivity index is 2.56. The van der Waals surface area contributed by atoms with Crippen LogP contribution in [0.15, 0.2) is 36.4 Å². The molecular formula is C16H17F2N. The predicted molar refractivity (Wildman–Crippen MR) is 73.2 cm³/mol. The molecule has 0 aliphatic carbocycles. The maximum atomic E-state index is 14.2. The molecule has 0 aliphatic rings. The van der Waals surface area contributed by atoms with Gasteiger partial charge in [0.2, 0.25) is 0 Å². The van der Waals surface area contributed by atoms with Gasteiger partial charge in [0.05, 0.1) is 6.04 Å². The van der Waals surface area contributed by atoms with Crippen LogP contribution in [-0.2, 0) is 0 Å². The fraction of sp³-hybridized carbons (Fsp3) is 0.250. The summed E-state index contributed by atoms with van der Waals surface area (Å²) >= 11 is 0. The van der Waals surface area contributed by atoms with Crippen molar-refractivity contribution in [3.8, 4) is 0 Å². The van der Waals surface area contributed by atoms with Crippen LogP contribution in [0.5, 0.6) is 0 Å². The molecule has 0 aromatic heterocycles. The minimum absolute atomic E-state index is 0.289. The first kappa shape index (κ1) is 13.7. The fourth-order valence-corrected chi connectivity index (χ4v) is 2.26. The van der Waals surface area contributed by atoms with Crippen molar-refractivity contribution >= 4 is 0 Å². The number of hydrogen-bond donors (Lipinski definition) is 1. The van der Waals surface area contributed by atoms with E-state index in [9.17, 15) is 8.78 Å². The fourth-order valence-electron chi connectivity index (χ4n) is 2.26. The summed E-state index contributed by atoms with van der Waals surface area (Å²) in [7, 11) is 1.70. The van der Waals surface area contributed by atoms with Gasteiger partial charge in [-0.15, -0.1) is 0 Å². The normalized spacial score (nSPS) is 12.5. The summed E-state index contributed by atoms with van der Waals surface area (Å²) in [6, 6.07) is 9.56. The first-order chi connectivity index (χ1) is 9.04. The molecule has 2 aromatic rings. The van der Waals surface area contributed by atoms with E-state index < -0.39 is 6.04 Å². The Bertz CT molecular complexity index is 591. The third-order valence-corrected chi connectivity index (χ3v) is 3.28. The minimum atomic E-state index is -0.486. The molecule has 0 saturated heterocycles. The van der Waals surface area contributed by atoms with Gasteiger partial charge in [0, 0.05) is 11.1 Å². The lowest BCUT2D eigenvalue weighted by molar-refractivity contribution is 0.543. The van der Waals surface area contributed by atoms with Crippen LogP contribution in [0.25, 0.3) is 0 Å². The van der Waals surface area contributed by atoms with Crippen molar-refractivity contribution in [2.75, 3.05) is 7.05 Å². The van der Waals surface area contributed by atoms with Crippen LogP contribution >= 0.6 is 0 Å². The van der Waals surface area contributed by atoms with Crippen LogP contribution in [0.3, 0.4) is 0 Å². The molecule has 0 aliphatic heterocycles. The molecule has 1 unspecified atom stereocenters. The molecule has 1 nitrogen and oxygen atoms in total. The van der Waals surface area contributed by atoms with E-state index in [2.05, 4.69) is 5.32 Å². The Morgan fingerprint density at radius 2 is 1.74 bits per heavy atom. The van der Waals surface area contributed by atoms with Crippen molar-refractivity contribution < 1.29 is 8.78 Å². The molecule has 0 bridgehead atoms. The van der Waals surface area contributed by atoms with E-state index in [1.54, 1.807) is 44.3 Å². The van der Waals surface area contributed by atoms with E-state index in [0.717, 1.165) is 5.56 Å². The lowest BCUT2D eigenvalue weighted by atomic mass is 9.95. The first-order valence-electron chi connectivity index (χ1n) is 6.23.